The maximum Gasteiger partial charge on any atom is 0.244 e. The molecule has 0 spiro atoms. The Hall–Kier alpha value is -2.20. The van der Waals surface area contributed by atoms with Crippen LogP contribution in [-0.4, -0.2) is 11.0 Å². The van der Waals surface area contributed by atoms with E-state index in [-0.39, 0.29) is 5.75 Å². The quantitative estimate of drug-likeness (QED) is 0.804. The van der Waals surface area contributed by atoms with Crippen molar-refractivity contribution in [3.8, 4) is 5.75 Å². The second kappa shape index (κ2) is 5.63. The van der Waals surface area contributed by atoms with Gasteiger partial charge in [-0.25, -0.2) is 0 Å². The third-order valence-electron chi connectivity index (χ3n) is 2.71. The smallest absolute Gasteiger partial charge is 0.244 e. The number of hydrogen-bond donors (Lipinski definition) is 3. The van der Waals surface area contributed by atoms with Crippen LogP contribution in [0.15, 0.2) is 48.5 Å². The molecule has 5 heteroatoms. The van der Waals surface area contributed by atoms with E-state index >= 15 is 0 Å². The number of amides is 1. The average molecular weight is 277 g/mol. The molecule has 1 amide bonds. The maximum absolute atomic E-state index is 11.6. The van der Waals surface area contributed by atoms with Crippen molar-refractivity contribution in [3.63, 3.8) is 0 Å². The molecule has 2 aromatic rings. The molecule has 19 heavy (non-hydrogen) atoms. The monoisotopic (exact) mass is 276 g/mol. The van der Waals surface area contributed by atoms with Crippen molar-refractivity contribution in [1.82, 2.24) is 0 Å². The van der Waals surface area contributed by atoms with Gasteiger partial charge >= 0.3 is 0 Å². The molecule has 0 bridgehead atoms. The fraction of sp³-hybridized carbons (Fsp3) is 0.0714. The van der Waals surface area contributed by atoms with E-state index < -0.39 is 11.9 Å². The summed E-state index contributed by atoms with van der Waals surface area (Å²) < 4.78 is 0. The number of nitrogens with one attached hydrogen (secondary N) is 1. The minimum Gasteiger partial charge on any atom is -0.508 e. The van der Waals surface area contributed by atoms with Gasteiger partial charge in [-0.1, -0.05) is 41.9 Å². The van der Waals surface area contributed by atoms with Gasteiger partial charge in [0.2, 0.25) is 5.91 Å². The lowest BCUT2D eigenvalue weighted by molar-refractivity contribution is -0.118. The van der Waals surface area contributed by atoms with Crippen molar-refractivity contribution in [2.75, 3.05) is 5.32 Å². The van der Waals surface area contributed by atoms with Crippen LogP contribution in [0, 0.1) is 0 Å². The van der Waals surface area contributed by atoms with Gasteiger partial charge in [0, 0.05) is 5.56 Å². The minimum atomic E-state index is -0.846. The number of aromatic hydroxyl groups is 1. The molecule has 0 saturated carbocycles. The van der Waals surface area contributed by atoms with Crippen LogP contribution in [0.25, 0.3) is 0 Å². The Morgan fingerprint density at radius 3 is 2.42 bits per heavy atom. The van der Waals surface area contributed by atoms with Crippen LogP contribution in [0.4, 0.5) is 5.69 Å². The first kappa shape index (κ1) is 13.2. The number of anilines is 1. The van der Waals surface area contributed by atoms with Crippen LogP contribution in [0.3, 0.4) is 0 Å². The number of rotatable bonds is 4. The number of carbonyl (C=O) groups is 1. The molecule has 0 heterocycles. The van der Waals surface area contributed by atoms with Crippen molar-refractivity contribution in [3.05, 3.63) is 59.1 Å². The third kappa shape index (κ3) is 2.98. The topological polar surface area (TPSA) is 75.4 Å². The molecule has 1 atom stereocenters. The van der Waals surface area contributed by atoms with Gasteiger partial charge in [-0.15, -0.1) is 0 Å². The number of benzene rings is 2. The Morgan fingerprint density at radius 2 is 1.79 bits per heavy atom. The van der Waals surface area contributed by atoms with E-state index in [4.69, 9.17) is 17.3 Å². The minimum absolute atomic E-state index is 0.00542. The van der Waals surface area contributed by atoms with E-state index in [0.29, 0.717) is 16.3 Å². The standard InChI is InChI=1S/C14H13ClN2O2/c15-10-6-2-3-7-11(10)17-13(14(16)19)9-5-1-4-8-12(9)18/h1-8,13,17-18H,(H2,16,19). The molecule has 0 aromatic heterocycles. The number of phenols is 1. The normalized spacial score (nSPS) is 11.8. The Labute approximate surface area is 115 Å². The van der Waals surface area contributed by atoms with E-state index in [2.05, 4.69) is 5.32 Å². The third-order valence-corrected chi connectivity index (χ3v) is 3.04. The predicted octanol–water partition coefficient (Wildman–Crippen LogP) is 2.68. The summed E-state index contributed by atoms with van der Waals surface area (Å²) in [5.74, 6) is -0.590. The van der Waals surface area contributed by atoms with E-state index in [1.807, 2.05) is 0 Å². The molecule has 0 fully saturated rings. The Kier molecular flexibility index (Phi) is 3.92. The highest BCUT2D eigenvalue weighted by Gasteiger charge is 2.21. The van der Waals surface area contributed by atoms with E-state index in [1.54, 1.807) is 42.5 Å². The van der Waals surface area contributed by atoms with Crippen molar-refractivity contribution in [2.45, 2.75) is 6.04 Å². The summed E-state index contributed by atoms with van der Waals surface area (Å²) >= 11 is 6.02. The summed E-state index contributed by atoms with van der Waals surface area (Å²) in [5, 5.41) is 13.2. The molecule has 4 N–H and O–H groups in total. The molecule has 0 aliphatic carbocycles. The molecule has 4 nitrogen and oxygen atoms in total. The van der Waals surface area contributed by atoms with Gasteiger partial charge in [0.25, 0.3) is 0 Å². The molecule has 2 rings (SSSR count). The number of phenolic OH excluding ortho intramolecular Hbond substituents is 1. The first-order valence-corrected chi connectivity index (χ1v) is 6.05. The number of carbonyl (C=O) groups excluding carboxylic acids is 1. The molecule has 0 aliphatic heterocycles. The number of halogens is 1. The van der Waals surface area contributed by atoms with Crippen LogP contribution in [0.1, 0.15) is 11.6 Å². The highest BCUT2D eigenvalue weighted by Crippen LogP contribution is 2.29. The van der Waals surface area contributed by atoms with Crippen LogP contribution in [0.5, 0.6) is 5.75 Å². The van der Waals surface area contributed by atoms with E-state index in [9.17, 15) is 9.90 Å². The number of para-hydroxylation sites is 2. The molecule has 1 unspecified atom stereocenters. The first-order chi connectivity index (χ1) is 9.09. The Bertz CT molecular complexity index is 602. The average Bonchev–Trinajstić information content (AvgIpc) is 2.38. The second-order valence-corrected chi connectivity index (χ2v) is 4.43. The zero-order valence-corrected chi connectivity index (χ0v) is 10.8. The maximum atomic E-state index is 11.6. The lowest BCUT2D eigenvalue weighted by Crippen LogP contribution is -2.27. The van der Waals surface area contributed by atoms with Crippen molar-refractivity contribution in [1.29, 1.82) is 0 Å². The fourth-order valence-corrected chi connectivity index (χ4v) is 1.96. The summed E-state index contributed by atoms with van der Waals surface area (Å²) in [5.41, 5.74) is 6.37. The molecular weight excluding hydrogens is 264 g/mol. The lowest BCUT2D eigenvalue weighted by Gasteiger charge is -2.18. The van der Waals surface area contributed by atoms with Gasteiger partial charge in [0.05, 0.1) is 10.7 Å². The van der Waals surface area contributed by atoms with Gasteiger partial charge in [-0.05, 0) is 18.2 Å². The van der Waals surface area contributed by atoms with E-state index in [1.165, 1.54) is 6.07 Å². The molecule has 0 radical (unpaired) electrons. The molecule has 0 saturated heterocycles. The van der Waals surface area contributed by atoms with E-state index in [0.717, 1.165) is 0 Å². The van der Waals surface area contributed by atoms with Gasteiger partial charge in [0.1, 0.15) is 11.8 Å². The van der Waals surface area contributed by atoms with Crippen molar-refractivity contribution < 1.29 is 9.90 Å². The summed E-state index contributed by atoms with van der Waals surface area (Å²) in [4.78, 5) is 11.6. The van der Waals surface area contributed by atoms with Crippen LogP contribution < -0.4 is 11.1 Å². The highest BCUT2D eigenvalue weighted by molar-refractivity contribution is 6.33. The van der Waals surface area contributed by atoms with Gasteiger partial charge < -0.3 is 16.2 Å². The van der Waals surface area contributed by atoms with Gasteiger partial charge in [-0.2, -0.15) is 0 Å². The fourth-order valence-electron chi connectivity index (χ4n) is 1.77. The zero-order chi connectivity index (χ0) is 13.8. The molecule has 2 aromatic carbocycles. The Balaban J connectivity index is 2.35. The predicted molar refractivity (Wildman–Crippen MR) is 75.1 cm³/mol. The molecule has 98 valence electrons. The SMILES string of the molecule is NC(=O)C(Nc1ccccc1Cl)c1ccccc1O. The molecule has 0 aliphatic rings. The summed E-state index contributed by atoms with van der Waals surface area (Å²) in [6.07, 6.45) is 0. The number of hydrogen-bond acceptors (Lipinski definition) is 3. The number of primary amides is 1. The first-order valence-electron chi connectivity index (χ1n) is 5.68. The van der Waals surface area contributed by atoms with Gasteiger partial charge in [0.15, 0.2) is 0 Å². The van der Waals surface area contributed by atoms with Crippen LogP contribution in [-0.2, 0) is 4.79 Å². The van der Waals surface area contributed by atoms with Crippen LogP contribution in [0.2, 0.25) is 5.02 Å². The van der Waals surface area contributed by atoms with Crippen molar-refractivity contribution >= 4 is 23.2 Å². The second-order valence-electron chi connectivity index (χ2n) is 4.02. The van der Waals surface area contributed by atoms with Crippen molar-refractivity contribution in [2.24, 2.45) is 5.73 Å². The zero-order valence-electron chi connectivity index (χ0n) is 10.0. The largest absolute Gasteiger partial charge is 0.508 e. The summed E-state index contributed by atoms with van der Waals surface area (Å²) in [7, 11) is 0. The number of nitrogens with two attached hydrogens (primary N) is 1. The van der Waals surface area contributed by atoms with Gasteiger partial charge in [-0.3, -0.25) is 4.79 Å². The summed E-state index contributed by atoms with van der Waals surface area (Å²) in [6, 6.07) is 12.7. The highest BCUT2D eigenvalue weighted by atomic mass is 35.5. The summed E-state index contributed by atoms with van der Waals surface area (Å²) in [6.45, 7) is 0. The Morgan fingerprint density at radius 1 is 1.16 bits per heavy atom. The lowest BCUT2D eigenvalue weighted by atomic mass is 10.0. The van der Waals surface area contributed by atoms with Crippen LogP contribution >= 0.6 is 11.6 Å². The molecular formula is C14H13ClN2O2.